The molecule has 0 bridgehead atoms. The molecule has 0 aromatic carbocycles. The molecule has 4 aliphatic carbocycles. The Hall–Kier alpha value is -0.510. The lowest BCUT2D eigenvalue weighted by molar-refractivity contribution is 0.0637. The van der Waals surface area contributed by atoms with Crippen molar-refractivity contribution in [2.24, 2.45) is 59.2 Å². The van der Waals surface area contributed by atoms with Gasteiger partial charge < -0.3 is 0 Å². The van der Waals surface area contributed by atoms with Gasteiger partial charge in [0.15, 0.2) is 0 Å². The van der Waals surface area contributed by atoms with Crippen LogP contribution in [0.3, 0.4) is 0 Å². The smallest absolute Gasteiger partial charge is 0.0658 e. The van der Waals surface area contributed by atoms with E-state index in [1.54, 1.807) is 0 Å². The fourth-order valence-corrected chi connectivity index (χ4v) is 8.60. The van der Waals surface area contributed by atoms with E-state index >= 15 is 0 Å². The Bertz CT molecular complexity index is 545. The Morgan fingerprint density at radius 2 is 0.966 bits per heavy atom. The summed E-state index contributed by atoms with van der Waals surface area (Å²) in [5.41, 5.74) is 0. The highest BCUT2D eigenvalue weighted by Gasteiger charge is 2.39. The zero-order valence-electron chi connectivity index (χ0n) is 19.6. The molecule has 4 aliphatic rings. The summed E-state index contributed by atoms with van der Waals surface area (Å²) in [6.45, 7) is 7.36. The highest BCUT2D eigenvalue weighted by Crippen LogP contribution is 2.49. The molecular weight excluding hydrogens is 350 g/mol. The molecule has 0 aromatic heterocycles. The van der Waals surface area contributed by atoms with E-state index in [-0.39, 0.29) is 0 Å². The van der Waals surface area contributed by atoms with Crippen molar-refractivity contribution >= 4 is 0 Å². The van der Waals surface area contributed by atoms with Crippen molar-refractivity contribution in [3.8, 4) is 6.07 Å². The second-order valence-corrected chi connectivity index (χ2v) is 12.2. The Kier molecular flexibility index (Phi) is 7.30. The van der Waals surface area contributed by atoms with E-state index in [1.165, 1.54) is 89.9 Å². The first-order chi connectivity index (χ1) is 14.0. The molecule has 0 aromatic rings. The van der Waals surface area contributed by atoms with Crippen LogP contribution < -0.4 is 0 Å². The van der Waals surface area contributed by atoms with Crippen molar-refractivity contribution in [2.45, 2.75) is 111 Å². The first kappa shape index (κ1) is 21.7. The molecule has 29 heavy (non-hydrogen) atoms. The van der Waals surface area contributed by atoms with E-state index in [2.05, 4.69) is 26.8 Å². The van der Waals surface area contributed by atoms with Crippen LogP contribution >= 0.6 is 0 Å². The monoisotopic (exact) mass is 397 g/mol. The minimum absolute atomic E-state index is 0.357. The second kappa shape index (κ2) is 9.75. The number of rotatable bonds is 3. The van der Waals surface area contributed by atoms with Crippen molar-refractivity contribution in [3.05, 3.63) is 0 Å². The van der Waals surface area contributed by atoms with Gasteiger partial charge in [0, 0.05) is 5.92 Å². The van der Waals surface area contributed by atoms with Crippen LogP contribution in [-0.2, 0) is 0 Å². The van der Waals surface area contributed by atoms with Gasteiger partial charge in [0.2, 0.25) is 0 Å². The molecule has 0 amide bonds. The predicted molar refractivity (Wildman–Crippen MR) is 122 cm³/mol. The highest BCUT2D eigenvalue weighted by atomic mass is 14.5. The molecule has 4 saturated carbocycles. The number of hydrogen-bond donors (Lipinski definition) is 0. The summed E-state index contributed by atoms with van der Waals surface area (Å²) in [4.78, 5) is 0. The summed E-state index contributed by atoms with van der Waals surface area (Å²) >= 11 is 0. The van der Waals surface area contributed by atoms with Gasteiger partial charge in [-0.25, -0.2) is 0 Å². The summed E-state index contributed by atoms with van der Waals surface area (Å²) in [6.07, 6.45) is 20.3. The minimum atomic E-state index is 0.357. The van der Waals surface area contributed by atoms with Crippen LogP contribution in [0, 0.1) is 70.5 Å². The Balaban J connectivity index is 1.23. The zero-order chi connectivity index (χ0) is 20.4. The Morgan fingerprint density at radius 3 is 1.48 bits per heavy atom. The molecule has 0 saturated heterocycles. The third-order valence-electron chi connectivity index (χ3n) is 10.3. The summed E-state index contributed by atoms with van der Waals surface area (Å²) in [7, 11) is 0. The van der Waals surface area contributed by atoms with Gasteiger partial charge in [-0.3, -0.25) is 0 Å². The average Bonchev–Trinajstić information content (AvgIpc) is 2.74. The molecule has 1 nitrogen and oxygen atoms in total. The maximum Gasteiger partial charge on any atom is 0.0658 e. The predicted octanol–water partition coefficient (Wildman–Crippen LogP) is 8.25. The molecule has 164 valence electrons. The maximum absolute atomic E-state index is 9.68. The lowest BCUT2D eigenvalue weighted by Crippen LogP contribution is -2.35. The molecule has 0 N–H and O–H groups in total. The molecule has 6 unspecified atom stereocenters. The van der Waals surface area contributed by atoms with Crippen LogP contribution in [0.25, 0.3) is 0 Å². The van der Waals surface area contributed by atoms with Crippen molar-refractivity contribution in [2.75, 3.05) is 0 Å². The van der Waals surface area contributed by atoms with Gasteiger partial charge in [-0.05, 0) is 130 Å². The third kappa shape index (κ3) is 5.05. The normalized spacial score (nSPS) is 49.3. The van der Waals surface area contributed by atoms with Gasteiger partial charge in [-0.15, -0.1) is 0 Å². The van der Waals surface area contributed by atoms with Crippen molar-refractivity contribution in [1.82, 2.24) is 0 Å². The second-order valence-electron chi connectivity index (χ2n) is 12.2. The van der Waals surface area contributed by atoms with Crippen LogP contribution in [0.2, 0.25) is 0 Å². The van der Waals surface area contributed by atoms with Gasteiger partial charge in [0.05, 0.1) is 6.07 Å². The quantitative estimate of drug-likeness (QED) is 0.470. The maximum atomic E-state index is 9.68. The van der Waals surface area contributed by atoms with Gasteiger partial charge in [0.1, 0.15) is 0 Å². The molecule has 0 spiro atoms. The fraction of sp³-hybridized carbons (Fsp3) is 0.964. The summed E-state index contributed by atoms with van der Waals surface area (Å²) < 4.78 is 0. The number of nitriles is 1. The molecule has 4 rings (SSSR count). The molecular formula is C28H47N. The Labute approximate surface area is 181 Å². The van der Waals surface area contributed by atoms with Crippen LogP contribution in [0.15, 0.2) is 0 Å². The minimum Gasteiger partial charge on any atom is -0.198 e. The van der Waals surface area contributed by atoms with Crippen LogP contribution in [0.4, 0.5) is 0 Å². The Morgan fingerprint density at radius 1 is 0.517 bits per heavy atom. The molecule has 1 heteroatoms. The van der Waals surface area contributed by atoms with Crippen molar-refractivity contribution < 1.29 is 0 Å². The van der Waals surface area contributed by atoms with Gasteiger partial charge >= 0.3 is 0 Å². The van der Waals surface area contributed by atoms with E-state index in [4.69, 9.17) is 0 Å². The summed E-state index contributed by atoms with van der Waals surface area (Å²) in [5.74, 6) is 8.80. The lowest BCUT2D eigenvalue weighted by atomic mass is 9.61. The van der Waals surface area contributed by atoms with E-state index in [1.807, 2.05) is 0 Å². The first-order valence-corrected chi connectivity index (χ1v) is 13.4. The van der Waals surface area contributed by atoms with E-state index in [9.17, 15) is 5.26 Å². The van der Waals surface area contributed by atoms with Gasteiger partial charge in [-0.2, -0.15) is 5.26 Å². The zero-order valence-corrected chi connectivity index (χ0v) is 19.6. The van der Waals surface area contributed by atoms with Crippen molar-refractivity contribution in [1.29, 1.82) is 5.26 Å². The highest BCUT2D eigenvalue weighted by molar-refractivity contribution is 4.96. The molecule has 0 heterocycles. The number of hydrogen-bond acceptors (Lipinski definition) is 1. The van der Waals surface area contributed by atoms with E-state index in [0.29, 0.717) is 5.92 Å². The summed E-state index contributed by atoms with van der Waals surface area (Å²) in [6, 6.07) is 2.70. The third-order valence-corrected chi connectivity index (χ3v) is 10.3. The largest absolute Gasteiger partial charge is 0.198 e. The van der Waals surface area contributed by atoms with Gasteiger partial charge in [0.25, 0.3) is 0 Å². The first-order valence-electron chi connectivity index (χ1n) is 13.4. The SMILES string of the molecule is CC1CCC(C2CCC(C3CCC(C4CCC(C)CC4C#N)CC3)CC2)C(C)C1. The molecule has 6 atom stereocenters. The van der Waals surface area contributed by atoms with Crippen molar-refractivity contribution in [3.63, 3.8) is 0 Å². The summed E-state index contributed by atoms with van der Waals surface area (Å²) in [5, 5.41) is 9.68. The van der Waals surface area contributed by atoms with Crippen LogP contribution in [-0.4, -0.2) is 0 Å². The van der Waals surface area contributed by atoms with E-state index in [0.717, 1.165) is 53.3 Å². The topological polar surface area (TPSA) is 23.8 Å². The van der Waals surface area contributed by atoms with E-state index < -0.39 is 0 Å². The molecule has 0 radical (unpaired) electrons. The molecule has 0 aliphatic heterocycles. The fourth-order valence-electron chi connectivity index (χ4n) is 8.60. The average molecular weight is 398 g/mol. The number of nitrogens with zero attached hydrogens (tertiary/aromatic N) is 1. The van der Waals surface area contributed by atoms with Gasteiger partial charge in [-0.1, -0.05) is 33.6 Å². The van der Waals surface area contributed by atoms with Crippen LogP contribution in [0.1, 0.15) is 111 Å². The van der Waals surface area contributed by atoms with Crippen LogP contribution in [0.5, 0.6) is 0 Å². The standard InChI is InChI=1S/C28H47N/c1-19-4-14-27(21(3)16-19)24-10-6-22(7-11-24)23-8-12-25(13-9-23)28-15-5-20(2)17-26(28)18-29/h19-28H,4-17H2,1-3H3. The lowest BCUT2D eigenvalue weighted by Gasteiger charge is -2.44. The molecule has 4 fully saturated rings.